The molecular formula is C23H20ClN5O3. The Kier molecular flexibility index (Phi) is 5.07. The summed E-state index contributed by atoms with van der Waals surface area (Å²) in [5, 5.41) is 3.69. The number of halogens is 1. The van der Waals surface area contributed by atoms with Gasteiger partial charge in [0.05, 0.1) is 48.1 Å². The third-order valence-electron chi connectivity index (χ3n) is 5.37. The molecule has 0 unspecified atom stereocenters. The number of methoxy groups -OCH3 is 1. The lowest BCUT2D eigenvalue weighted by molar-refractivity contribution is -0.121. The highest BCUT2D eigenvalue weighted by molar-refractivity contribution is 6.34. The SMILES string of the molecule is COc1ccc(CN2C(=O)COc3cc(Nc4cc5c(cn4)ncn5C)c(Cl)cc32)cc1. The van der Waals surface area contributed by atoms with Crippen molar-refractivity contribution >= 4 is 45.7 Å². The zero-order valence-electron chi connectivity index (χ0n) is 17.5. The monoisotopic (exact) mass is 449 g/mol. The molecule has 0 saturated carbocycles. The van der Waals surface area contributed by atoms with E-state index in [1.54, 1.807) is 36.7 Å². The smallest absolute Gasteiger partial charge is 0.265 e. The lowest BCUT2D eigenvalue weighted by Crippen LogP contribution is -2.38. The molecule has 162 valence electrons. The van der Waals surface area contributed by atoms with Crippen LogP contribution in [0.4, 0.5) is 17.2 Å². The molecule has 0 radical (unpaired) electrons. The van der Waals surface area contributed by atoms with Gasteiger partial charge in [0.2, 0.25) is 0 Å². The van der Waals surface area contributed by atoms with E-state index in [4.69, 9.17) is 21.1 Å². The first kappa shape index (κ1) is 20.1. The summed E-state index contributed by atoms with van der Waals surface area (Å²) in [7, 11) is 3.54. The van der Waals surface area contributed by atoms with Gasteiger partial charge >= 0.3 is 0 Å². The highest BCUT2D eigenvalue weighted by Crippen LogP contribution is 2.40. The van der Waals surface area contributed by atoms with Crippen LogP contribution in [0, 0.1) is 0 Å². The van der Waals surface area contributed by atoms with E-state index in [2.05, 4.69) is 15.3 Å². The molecule has 1 aliphatic rings. The number of hydrogen-bond donors (Lipinski definition) is 1. The second-order valence-corrected chi connectivity index (χ2v) is 7.86. The maximum absolute atomic E-state index is 12.6. The zero-order valence-corrected chi connectivity index (χ0v) is 18.3. The van der Waals surface area contributed by atoms with Crippen LogP contribution in [0.1, 0.15) is 5.56 Å². The summed E-state index contributed by atoms with van der Waals surface area (Å²) in [6, 6.07) is 13.0. The summed E-state index contributed by atoms with van der Waals surface area (Å²) in [4.78, 5) is 23.0. The van der Waals surface area contributed by atoms with Gasteiger partial charge in [0.15, 0.2) is 6.61 Å². The van der Waals surface area contributed by atoms with E-state index in [9.17, 15) is 4.79 Å². The number of carbonyl (C=O) groups excluding carboxylic acids is 1. The molecule has 1 N–H and O–H groups in total. The van der Waals surface area contributed by atoms with Crippen LogP contribution in [0.15, 0.2) is 55.0 Å². The van der Waals surface area contributed by atoms with Crippen LogP contribution in [0.25, 0.3) is 11.0 Å². The van der Waals surface area contributed by atoms with E-state index in [0.29, 0.717) is 34.5 Å². The summed E-state index contributed by atoms with van der Waals surface area (Å²) < 4.78 is 12.8. The largest absolute Gasteiger partial charge is 0.497 e. The first-order valence-electron chi connectivity index (χ1n) is 9.95. The third-order valence-corrected chi connectivity index (χ3v) is 5.68. The van der Waals surface area contributed by atoms with Crippen LogP contribution >= 0.6 is 11.6 Å². The molecule has 0 saturated heterocycles. The van der Waals surface area contributed by atoms with Crippen molar-refractivity contribution in [3.8, 4) is 11.5 Å². The van der Waals surface area contributed by atoms with Crippen molar-refractivity contribution in [3.05, 3.63) is 65.6 Å². The number of aromatic nitrogens is 3. The van der Waals surface area contributed by atoms with Crippen molar-refractivity contribution < 1.29 is 14.3 Å². The molecule has 32 heavy (non-hydrogen) atoms. The number of imidazole rings is 1. The van der Waals surface area contributed by atoms with Gasteiger partial charge in [-0.2, -0.15) is 0 Å². The Morgan fingerprint density at radius 2 is 2.00 bits per heavy atom. The second-order valence-electron chi connectivity index (χ2n) is 7.46. The number of nitrogens with zero attached hydrogens (tertiary/aromatic N) is 4. The number of ether oxygens (including phenoxy) is 2. The van der Waals surface area contributed by atoms with Gasteiger partial charge in [-0.1, -0.05) is 23.7 Å². The number of hydrogen-bond acceptors (Lipinski definition) is 6. The summed E-state index contributed by atoms with van der Waals surface area (Å²) in [6.07, 6.45) is 3.44. The molecule has 0 spiro atoms. The molecule has 8 nitrogen and oxygen atoms in total. The molecule has 0 aliphatic carbocycles. The van der Waals surface area contributed by atoms with Crippen LogP contribution < -0.4 is 19.7 Å². The van der Waals surface area contributed by atoms with E-state index < -0.39 is 0 Å². The van der Waals surface area contributed by atoms with Crippen LogP contribution in [0.5, 0.6) is 11.5 Å². The Labute approximate surface area is 189 Å². The Balaban J connectivity index is 1.44. The predicted molar refractivity (Wildman–Crippen MR) is 123 cm³/mol. The minimum atomic E-state index is -0.131. The highest BCUT2D eigenvalue weighted by Gasteiger charge is 2.27. The number of amides is 1. The Bertz CT molecular complexity index is 1320. The lowest BCUT2D eigenvalue weighted by Gasteiger charge is -2.30. The van der Waals surface area contributed by atoms with Crippen molar-refractivity contribution in [2.24, 2.45) is 7.05 Å². The van der Waals surface area contributed by atoms with Gasteiger partial charge in [0, 0.05) is 19.2 Å². The molecule has 1 aliphatic heterocycles. The molecule has 0 bridgehead atoms. The van der Waals surface area contributed by atoms with Gasteiger partial charge < -0.3 is 24.3 Å². The fourth-order valence-electron chi connectivity index (χ4n) is 3.64. The summed E-state index contributed by atoms with van der Waals surface area (Å²) in [5.74, 6) is 1.84. The number of carbonyl (C=O) groups is 1. The Morgan fingerprint density at radius 1 is 1.19 bits per heavy atom. The van der Waals surface area contributed by atoms with Crippen LogP contribution in [-0.4, -0.2) is 34.2 Å². The van der Waals surface area contributed by atoms with Gasteiger partial charge in [0.25, 0.3) is 5.91 Å². The minimum absolute atomic E-state index is 0.0382. The summed E-state index contributed by atoms with van der Waals surface area (Å²) in [6.45, 7) is 0.366. The van der Waals surface area contributed by atoms with Crippen molar-refractivity contribution in [1.29, 1.82) is 0 Å². The number of fused-ring (bicyclic) bond motifs is 2. The number of anilines is 3. The predicted octanol–water partition coefficient (Wildman–Crippen LogP) is 4.30. The average molecular weight is 450 g/mol. The first-order valence-corrected chi connectivity index (χ1v) is 10.3. The Hall–Kier alpha value is -3.78. The number of nitrogens with one attached hydrogen (secondary N) is 1. The third kappa shape index (κ3) is 3.69. The topological polar surface area (TPSA) is 81.5 Å². The molecule has 2 aromatic carbocycles. The Morgan fingerprint density at radius 3 is 2.78 bits per heavy atom. The molecule has 4 aromatic rings. The van der Waals surface area contributed by atoms with Gasteiger partial charge in [-0.15, -0.1) is 0 Å². The van der Waals surface area contributed by atoms with E-state index in [1.165, 1.54) is 0 Å². The van der Waals surface area contributed by atoms with E-state index in [-0.39, 0.29) is 12.5 Å². The van der Waals surface area contributed by atoms with Gasteiger partial charge in [-0.25, -0.2) is 9.97 Å². The number of benzene rings is 2. The summed E-state index contributed by atoms with van der Waals surface area (Å²) in [5.41, 5.74) is 3.99. The second kappa shape index (κ2) is 8.05. The number of aryl methyl sites for hydroxylation is 1. The quantitative estimate of drug-likeness (QED) is 0.489. The molecule has 0 atom stereocenters. The van der Waals surface area contributed by atoms with E-state index in [1.807, 2.05) is 41.9 Å². The molecule has 5 rings (SSSR count). The fraction of sp³-hybridized carbons (Fsp3) is 0.174. The maximum Gasteiger partial charge on any atom is 0.265 e. The van der Waals surface area contributed by atoms with Gasteiger partial charge in [-0.3, -0.25) is 4.79 Å². The zero-order chi connectivity index (χ0) is 22.2. The molecule has 2 aromatic heterocycles. The van der Waals surface area contributed by atoms with Crippen LogP contribution in [-0.2, 0) is 18.4 Å². The molecule has 0 fully saturated rings. The highest BCUT2D eigenvalue weighted by atomic mass is 35.5. The van der Waals surface area contributed by atoms with Gasteiger partial charge in [0.1, 0.15) is 22.8 Å². The summed E-state index contributed by atoms with van der Waals surface area (Å²) >= 11 is 6.58. The van der Waals surface area contributed by atoms with E-state index >= 15 is 0 Å². The standard InChI is InChI=1S/C23H20ClN5O3/c1-28-13-26-18-10-25-22(9-19(18)28)27-17-8-21-20(7-16(17)24)29(23(30)12-32-21)11-14-3-5-15(31-2)6-4-14/h3-10,13H,11-12H2,1-2H3,(H,25,27). The molecular weight excluding hydrogens is 430 g/mol. The molecule has 3 heterocycles. The lowest BCUT2D eigenvalue weighted by atomic mass is 10.1. The number of rotatable bonds is 5. The van der Waals surface area contributed by atoms with Crippen molar-refractivity contribution in [2.45, 2.75) is 6.54 Å². The van der Waals surface area contributed by atoms with Gasteiger partial charge in [-0.05, 0) is 23.8 Å². The molecule has 1 amide bonds. The van der Waals surface area contributed by atoms with E-state index in [0.717, 1.165) is 22.3 Å². The average Bonchev–Trinajstić information content (AvgIpc) is 3.17. The normalized spacial score (nSPS) is 13.1. The maximum atomic E-state index is 12.6. The van der Waals surface area contributed by atoms with Crippen LogP contribution in [0.2, 0.25) is 5.02 Å². The van der Waals surface area contributed by atoms with Crippen LogP contribution in [0.3, 0.4) is 0 Å². The molecule has 9 heteroatoms. The van der Waals surface area contributed by atoms with Crippen molar-refractivity contribution in [3.63, 3.8) is 0 Å². The number of pyridine rings is 1. The minimum Gasteiger partial charge on any atom is -0.497 e. The van der Waals surface area contributed by atoms with Crippen molar-refractivity contribution in [2.75, 3.05) is 23.9 Å². The first-order chi connectivity index (χ1) is 15.5. The van der Waals surface area contributed by atoms with Crippen molar-refractivity contribution in [1.82, 2.24) is 14.5 Å². The fourth-order valence-corrected chi connectivity index (χ4v) is 3.85.